The van der Waals surface area contributed by atoms with Crippen molar-refractivity contribution in [3.63, 3.8) is 0 Å². The molecule has 0 spiro atoms. The molecular formula is C13H23IN4OS. The molecule has 0 aromatic carbocycles. The van der Waals surface area contributed by atoms with Crippen molar-refractivity contribution in [2.45, 2.75) is 19.9 Å². The molecule has 114 valence electrons. The number of ether oxygens (including phenoxy) is 1. The van der Waals surface area contributed by atoms with Crippen molar-refractivity contribution in [2.24, 2.45) is 10.9 Å². The molecule has 1 atom stereocenters. The number of guanidine groups is 1. The number of nitrogens with one attached hydrogen (secondary N) is 1. The zero-order valence-electron chi connectivity index (χ0n) is 12.3. The van der Waals surface area contributed by atoms with E-state index in [2.05, 4.69) is 20.2 Å². The molecule has 0 bridgehead atoms. The van der Waals surface area contributed by atoms with E-state index < -0.39 is 0 Å². The fourth-order valence-corrected chi connectivity index (χ4v) is 3.12. The third kappa shape index (κ3) is 4.85. The summed E-state index contributed by atoms with van der Waals surface area (Å²) >= 11 is 1.72. The third-order valence-electron chi connectivity index (χ3n) is 3.29. The van der Waals surface area contributed by atoms with Crippen LogP contribution in [0.15, 0.2) is 11.2 Å². The van der Waals surface area contributed by atoms with Crippen molar-refractivity contribution in [3.05, 3.63) is 16.1 Å². The minimum Gasteiger partial charge on any atom is -0.384 e. The molecule has 1 fully saturated rings. The normalized spacial score (nSPS) is 19.1. The van der Waals surface area contributed by atoms with Gasteiger partial charge in [-0.05, 0) is 13.3 Å². The van der Waals surface area contributed by atoms with Crippen LogP contribution in [0.1, 0.15) is 16.3 Å². The monoisotopic (exact) mass is 410 g/mol. The van der Waals surface area contributed by atoms with Gasteiger partial charge in [0.05, 0.1) is 18.2 Å². The topological polar surface area (TPSA) is 49.8 Å². The lowest BCUT2D eigenvalue weighted by Crippen LogP contribution is -2.39. The number of aryl methyl sites for hydroxylation is 1. The van der Waals surface area contributed by atoms with Crippen molar-refractivity contribution >= 4 is 41.3 Å². The smallest absolute Gasteiger partial charge is 0.193 e. The summed E-state index contributed by atoms with van der Waals surface area (Å²) in [6, 6.07) is 0. The van der Waals surface area contributed by atoms with Crippen molar-refractivity contribution in [2.75, 3.05) is 33.9 Å². The van der Waals surface area contributed by atoms with Gasteiger partial charge in [0.25, 0.3) is 0 Å². The molecule has 0 amide bonds. The molecule has 7 heteroatoms. The minimum absolute atomic E-state index is 0. The van der Waals surface area contributed by atoms with Crippen LogP contribution < -0.4 is 5.32 Å². The predicted molar refractivity (Wildman–Crippen MR) is 94.0 cm³/mol. The van der Waals surface area contributed by atoms with Gasteiger partial charge < -0.3 is 15.0 Å². The number of halogens is 1. The lowest BCUT2D eigenvalue weighted by Gasteiger charge is -2.21. The number of aliphatic imine (C=N–C) groups is 1. The Balaban J connectivity index is 0.00000200. The molecule has 0 radical (unpaired) electrons. The lowest BCUT2D eigenvalue weighted by molar-refractivity contribution is 0.157. The molecule has 1 N–H and O–H groups in total. The maximum atomic E-state index is 5.23. The minimum atomic E-state index is 0. The van der Waals surface area contributed by atoms with Gasteiger partial charge in [-0.1, -0.05) is 0 Å². The van der Waals surface area contributed by atoms with Crippen LogP contribution in [0.25, 0.3) is 0 Å². The second kappa shape index (κ2) is 8.78. The van der Waals surface area contributed by atoms with E-state index in [1.807, 2.05) is 20.2 Å². The van der Waals surface area contributed by atoms with Gasteiger partial charge in [0, 0.05) is 44.2 Å². The van der Waals surface area contributed by atoms with Crippen LogP contribution in [0.2, 0.25) is 0 Å². The summed E-state index contributed by atoms with van der Waals surface area (Å²) in [6.45, 7) is 5.73. The highest BCUT2D eigenvalue weighted by molar-refractivity contribution is 14.0. The molecule has 0 saturated carbocycles. The van der Waals surface area contributed by atoms with Crippen LogP contribution >= 0.6 is 35.3 Å². The molecule has 2 heterocycles. The van der Waals surface area contributed by atoms with Gasteiger partial charge in [-0.15, -0.1) is 35.3 Å². The second-order valence-electron chi connectivity index (χ2n) is 4.80. The van der Waals surface area contributed by atoms with Crippen LogP contribution in [0.3, 0.4) is 0 Å². The van der Waals surface area contributed by atoms with Gasteiger partial charge >= 0.3 is 0 Å². The predicted octanol–water partition coefficient (Wildman–Crippen LogP) is 2.11. The summed E-state index contributed by atoms with van der Waals surface area (Å²) in [4.78, 5) is 12.2. The Morgan fingerprint density at radius 1 is 1.65 bits per heavy atom. The Kier molecular flexibility index (Phi) is 7.75. The number of hydrogen-bond acceptors (Lipinski definition) is 4. The molecule has 20 heavy (non-hydrogen) atoms. The number of hydrogen-bond donors (Lipinski definition) is 1. The molecular weight excluding hydrogens is 387 g/mol. The highest BCUT2D eigenvalue weighted by Crippen LogP contribution is 2.17. The molecule has 1 aliphatic heterocycles. The summed E-state index contributed by atoms with van der Waals surface area (Å²) in [5.74, 6) is 1.60. The Morgan fingerprint density at radius 2 is 2.45 bits per heavy atom. The average molecular weight is 410 g/mol. The zero-order valence-corrected chi connectivity index (χ0v) is 15.4. The first-order chi connectivity index (χ1) is 9.22. The first-order valence-electron chi connectivity index (χ1n) is 6.58. The van der Waals surface area contributed by atoms with Crippen LogP contribution in [0.4, 0.5) is 0 Å². The highest BCUT2D eigenvalue weighted by atomic mass is 127. The number of nitrogens with zero attached hydrogens (tertiary/aromatic N) is 3. The summed E-state index contributed by atoms with van der Waals surface area (Å²) in [6.07, 6.45) is 3.10. The fourth-order valence-electron chi connectivity index (χ4n) is 2.38. The van der Waals surface area contributed by atoms with E-state index in [-0.39, 0.29) is 24.0 Å². The Hall–Kier alpha value is -0.410. The molecule has 1 aromatic heterocycles. The number of rotatable bonds is 4. The first kappa shape index (κ1) is 17.6. The third-order valence-corrected chi connectivity index (χ3v) is 4.20. The molecule has 0 aliphatic carbocycles. The van der Waals surface area contributed by atoms with E-state index in [0.717, 1.165) is 37.2 Å². The number of aromatic nitrogens is 1. The fraction of sp³-hybridized carbons (Fsp3) is 0.692. The Labute approximate surface area is 141 Å². The van der Waals surface area contributed by atoms with Crippen LogP contribution in [0, 0.1) is 12.8 Å². The van der Waals surface area contributed by atoms with E-state index in [1.165, 1.54) is 11.3 Å². The molecule has 1 saturated heterocycles. The summed E-state index contributed by atoms with van der Waals surface area (Å²) in [5, 5.41) is 4.51. The van der Waals surface area contributed by atoms with Gasteiger partial charge in [0.15, 0.2) is 5.96 Å². The van der Waals surface area contributed by atoms with Crippen molar-refractivity contribution < 1.29 is 4.74 Å². The highest BCUT2D eigenvalue weighted by Gasteiger charge is 2.24. The largest absolute Gasteiger partial charge is 0.384 e. The second-order valence-corrected chi connectivity index (χ2v) is 6.12. The lowest BCUT2D eigenvalue weighted by atomic mass is 10.1. The van der Waals surface area contributed by atoms with Gasteiger partial charge in [-0.3, -0.25) is 4.99 Å². The van der Waals surface area contributed by atoms with E-state index >= 15 is 0 Å². The summed E-state index contributed by atoms with van der Waals surface area (Å²) < 4.78 is 5.23. The Bertz CT molecular complexity index is 438. The standard InChI is InChI=1S/C13H22N4OS.HI/c1-10-15-6-12(19-10)7-16-13(14-2)17-5-4-11(8-17)9-18-3;/h6,11H,4-5,7-9H2,1-3H3,(H,14,16);1H. The van der Waals surface area contributed by atoms with Crippen LogP contribution in [0.5, 0.6) is 0 Å². The number of likely N-dealkylation sites (tertiary alicyclic amines) is 1. The van der Waals surface area contributed by atoms with E-state index in [0.29, 0.717) is 5.92 Å². The summed E-state index contributed by atoms with van der Waals surface area (Å²) in [5.41, 5.74) is 0. The molecule has 5 nitrogen and oxygen atoms in total. The summed E-state index contributed by atoms with van der Waals surface area (Å²) in [7, 11) is 3.60. The quantitative estimate of drug-likeness (QED) is 0.470. The van der Waals surface area contributed by atoms with E-state index in [4.69, 9.17) is 4.74 Å². The maximum Gasteiger partial charge on any atom is 0.193 e. The number of methoxy groups -OCH3 is 1. The molecule has 1 unspecified atom stereocenters. The van der Waals surface area contributed by atoms with Crippen molar-refractivity contribution in [1.82, 2.24) is 15.2 Å². The van der Waals surface area contributed by atoms with Gasteiger partial charge in [-0.2, -0.15) is 0 Å². The van der Waals surface area contributed by atoms with Crippen LogP contribution in [-0.4, -0.2) is 49.7 Å². The SMILES string of the molecule is CN=C(NCc1cnc(C)s1)N1CCC(COC)C1.I. The van der Waals surface area contributed by atoms with Gasteiger partial charge in [0.1, 0.15) is 0 Å². The van der Waals surface area contributed by atoms with Gasteiger partial charge in [0.2, 0.25) is 0 Å². The maximum absolute atomic E-state index is 5.23. The van der Waals surface area contributed by atoms with E-state index in [9.17, 15) is 0 Å². The zero-order chi connectivity index (χ0) is 13.7. The van der Waals surface area contributed by atoms with E-state index in [1.54, 1.807) is 18.4 Å². The van der Waals surface area contributed by atoms with Crippen molar-refractivity contribution in [1.29, 1.82) is 0 Å². The molecule has 1 aromatic rings. The number of thiazole rings is 1. The molecule has 2 rings (SSSR count). The first-order valence-corrected chi connectivity index (χ1v) is 7.40. The van der Waals surface area contributed by atoms with Gasteiger partial charge in [-0.25, -0.2) is 4.98 Å². The average Bonchev–Trinajstić information content (AvgIpc) is 3.01. The Morgan fingerprint density at radius 3 is 3.05 bits per heavy atom. The van der Waals surface area contributed by atoms with Crippen molar-refractivity contribution in [3.8, 4) is 0 Å². The van der Waals surface area contributed by atoms with Crippen LogP contribution in [-0.2, 0) is 11.3 Å². The molecule has 1 aliphatic rings.